The molecular formula is C18H16F3N3O3. The summed E-state index contributed by atoms with van der Waals surface area (Å²) in [7, 11) is 0. The second kappa shape index (κ2) is 8.84. The average Bonchev–Trinajstić information content (AvgIpc) is 2.62. The SMILES string of the molecule is CCOc1ccccc1/C=N/NC(=O)C(=O)Nc1cccc(C(F)(F)F)c1. The number of nitrogens with zero attached hydrogens (tertiary/aromatic N) is 1. The first-order valence-corrected chi connectivity index (χ1v) is 7.84. The molecule has 6 nitrogen and oxygen atoms in total. The van der Waals surface area contributed by atoms with Crippen molar-refractivity contribution in [2.24, 2.45) is 5.10 Å². The van der Waals surface area contributed by atoms with Crippen LogP contribution in [0.15, 0.2) is 53.6 Å². The van der Waals surface area contributed by atoms with E-state index in [2.05, 4.69) is 10.4 Å². The standard InChI is InChI=1S/C18H16F3N3O3/c1-2-27-15-9-4-3-6-12(15)11-22-24-17(26)16(25)23-14-8-5-7-13(10-14)18(19,20)21/h3-11H,2H2,1H3,(H,23,25)(H,24,26)/b22-11+. The van der Waals surface area contributed by atoms with Crippen molar-refractivity contribution < 1.29 is 27.5 Å². The smallest absolute Gasteiger partial charge is 0.416 e. The van der Waals surface area contributed by atoms with Crippen molar-refractivity contribution in [1.29, 1.82) is 0 Å². The van der Waals surface area contributed by atoms with Crippen LogP contribution in [-0.4, -0.2) is 24.6 Å². The summed E-state index contributed by atoms with van der Waals surface area (Å²) in [6, 6.07) is 10.9. The molecule has 2 aromatic carbocycles. The van der Waals surface area contributed by atoms with Gasteiger partial charge in [-0.2, -0.15) is 18.3 Å². The van der Waals surface area contributed by atoms with Gasteiger partial charge in [0.1, 0.15) is 5.75 Å². The number of para-hydroxylation sites is 1. The molecule has 0 unspecified atom stereocenters. The van der Waals surface area contributed by atoms with E-state index >= 15 is 0 Å². The zero-order valence-corrected chi connectivity index (χ0v) is 14.2. The summed E-state index contributed by atoms with van der Waals surface area (Å²) in [4.78, 5) is 23.5. The summed E-state index contributed by atoms with van der Waals surface area (Å²) in [5.41, 5.74) is 1.49. The number of alkyl halides is 3. The van der Waals surface area contributed by atoms with Crippen LogP contribution in [0.4, 0.5) is 18.9 Å². The Kier molecular flexibility index (Phi) is 6.53. The third-order valence-corrected chi connectivity index (χ3v) is 3.24. The lowest BCUT2D eigenvalue weighted by atomic mass is 10.2. The number of benzene rings is 2. The molecule has 9 heteroatoms. The summed E-state index contributed by atoms with van der Waals surface area (Å²) >= 11 is 0. The van der Waals surface area contributed by atoms with E-state index in [0.29, 0.717) is 17.9 Å². The topological polar surface area (TPSA) is 79.8 Å². The highest BCUT2D eigenvalue weighted by molar-refractivity contribution is 6.39. The highest BCUT2D eigenvalue weighted by Gasteiger charge is 2.30. The lowest BCUT2D eigenvalue weighted by molar-refractivity contribution is -0.137. The Morgan fingerprint density at radius 1 is 1.11 bits per heavy atom. The fourth-order valence-corrected chi connectivity index (χ4v) is 2.05. The minimum Gasteiger partial charge on any atom is -0.493 e. The number of amides is 2. The van der Waals surface area contributed by atoms with Crippen molar-refractivity contribution in [3.8, 4) is 5.75 Å². The fourth-order valence-electron chi connectivity index (χ4n) is 2.05. The Morgan fingerprint density at radius 3 is 2.56 bits per heavy atom. The first-order valence-electron chi connectivity index (χ1n) is 7.84. The molecule has 0 aliphatic heterocycles. The largest absolute Gasteiger partial charge is 0.493 e. The van der Waals surface area contributed by atoms with Crippen LogP contribution in [-0.2, 0) is 15.8 Å². The van der Waals surface area contributed by atoms with Gasteiger partial charge in [-0.15, -0.1) is 0 Å². The maximum Gasteiger partial charge on any atom is 0.416 e. The van der Waals surface area contributed by atoms with E-state index in [4.69, 9.17) is 4.74 Å². The van der Waals surface area contributed by atoms with E-state index < -0.39 is 23.6 Å². The molecule has 2 aromatic rings. The Labute approximate surface area is 153 Å². The summed E-state index contributed by atoms with van der Waals surface area (Å²) in [5.74, 6) is -1.73. The van der Waals surface area contributed by atoms with Crippen molar-refractivity contribution in [1.82, 2.24) is 5.43 Å². The van der Waals surface area contributed by atoms with Gasteiger partial charge < -0.3 is 10.1 Å². The molecule has 2 N–H and O–H groups in total. The summed E-state index contributed by atoms with van der Waals surface area (Å²) in [6.45, 7) is 2.25. The Morgan fingerprint density at radius 2 is 1.85 bits per heavy atom. The van der Waals surface area contributed by atoms with Gasteiger partial charge >= 0.3 is 18.0 Å². The molecule has 0 aromatic heterocycles. The predicted molar refractivity (Wildman–Crippen MR) is 93.4 cm³/mol. The van der Waals surface area contributed by atoms with Gasteiger partial charge in [-0.25, -0.2) is 5.43 Å². The molecule has 0 bridgehead atoms. The average molecular weight is 379 g/mol. The van der Waals surface area contributed by atoms with Crippen LogP contribution in [0.1, 0.15) is 18.1 Å². The Hall–Kier alpha value is -3.36. The number of hydrogen-bond donors (Lipinski definition) is 2. The molecule has 0 heterocycles. The monoisotopic (exact) mass is 379 g/mol. The van der Waals surface area contributed by atoms with Gasteiger partial charge in [0, 0.05) is 11.3 Å². The lowest BCUT2D eigenvalue weighted by Crippen LogP contribution is -2.32. The zero-order valence-electron chi connectivity index (χ0n) is 14.2. The Balaban J connectivity index is 1.98. The molecule has 27 heavy (non-hydrogen) atoms. The number of anilines is 1. The molecule has 0 fully saturated rings. The maximum atomic E-state index is 12.7. The zero-order chi connectivity index (χ0) is 19.9. The molecular weight excluding hydrogens is 363 g/mol. The lowest BCUT2D eigenvalue weighted by Gasteiger charge is -2.09. The molecule has 0 spiro atoms. The molecule has 2 amide bonds. The van der Waals surface area contributed by atoms with Gasteiger partial charge in [-0.3, -0.25) is 9.59 Å². The van der Waals surface area contributed by atoms with Crippen molar-refractivity contribution in [3.05, 3.63) is 59.7 Å². The predicted octanol–water partition coefficient (Wildman–Crippen LogP) is 3.19. The summed E-state index contributed by atoms with van der Waals surface area (Å²) < 4.78 is 43.4. The van der Waals surface area contributed by atoms with Crippen LogP contribution in [0.2, 0.25) is 0 Å². The van der Waals surface area contributed by atoms with E-state index in [1.54, 1.807) is 24.3 Å². The van der Waals surface area contributed by atoms with Crippen LogP contribution < -0.4 is 15.5 Å². The number of carbonyl (C=O) groups excluding carboxylic acids is 2. The quantitative estimate of drug-likeness (QED) is 0.476. The number of hydrogen-bond acceptors (Lipinski definition) is 4. The first kappa shape index (κ1) is 20.0. The van der Waals surface area contributed by atoms with Gasteiger partial charge in [0.25, 0.3) is 0 Å². The number of hydrazone groups is 1. The first-order chi connectivity index (χ1) is 12.8. The van der Waals surface area contributed by atoms with Crippen molar-refractivity contribution in [3.63, 3.8) is 0 Å². The summed E-state index contributed by atoms with van der Waals surface area (Å²) in [6.07, 6.45) is -3.26. The minimum absolute atomic E-state index is 0.157. The van der Waals surface area contributed by atoms with Crippen LogP contribution in [0.3, 0.4) is 0 Å². The number of carbonyl (C=O) groups is 2. The molecule has 0 saturated carbocycles. The number of ether oxygens (including phenoxy) is 1. The molecule has 0 radical (unpaired) electrons. The molecule has 0 saturated heterocycles. The number of rotatable bonds is 5. The van der Waals surface area contributed by atoms with Gasteiger partial charge in [-0.1, -0.05) is 18.2 Å². The van der Waals surface area contributed by atoms with Gasteiger partial charge in [0.05, 0.1) is 18.4 Å². The second-order valence-corrected chi connectivity index (χ2v) is 5.20. The van der Waals surface area contributed by atoms with E-state index in [1.165, 1.54) is 12.3 Å². The number of nitrogens with one attached hydrogen (secondary N) is 2. The maximum absolute atomic E-state index is 12.7. The highest BCUT2D eigenvalue weighted by Crippen LogP contribution is 2.30. The van der Waals surface area contributed by atoms with E-state index in [9.17, 15) is 22.8 Å². The molecule has 142 valence electrons. The molecule has 0 aliphatic rings. The van der Waals surface area contributed by atoms with E-state index in [0.717, 1.165) is 18.2 Å². The van der Waals surface area contributed by atoms with Gasteiger partial charge in [-0.05, 0) is 37.3 Å². The minimum atomic E-state index is -4.55. The summed E-state index contributed by atoms with van der Waals surface area (Å²) in [5, 5.41) is 5.74. The fraction of sp³-hybridized carbons (Fsp3) is 0.167. The van der Waals surface area contributed by atoms with Crippen molar-refractivity contribution >= 4 is 23.7 Å². The highest BCUT2D eigenvalue weighted by atomic mass is 19.4. The molecule has 0 aliphatic carbocycles. The molecule has 2 rings (SSSR count). The second-order valence-electron chi connectivity index (χ2n) is 5.20. The van der Waals surface area contributed by atoms with E-state index in [1.807, 2.05) is 12.3 Å². The van der Waals surface area contributed by atoms with Gasteiger partial charge in [0.2, 0.25) is 0 Å². The normalized spacial score (nSPS) is 11.3. The Bertz CT molecular complexity index is 851. The third kappa shape index (κ3) is 5.84. The van der Waals surface area contributed by atoms with Crippen LogP contribution in [0.5, 0.6) is 5.75 Å². The van der Waals surface area contributed by atoms with Crippen LogP contribution in [0.25, 0.3) is 0 Å². The van der Waals surface area contributed by atoms with Gasteiger partial charge in [0.15, 0.2) is 0 Å². The van der Waals surface area contributed by atoms with Crippen LogP contribution in [0, 0.1) is 0 Å². The van der Waals surface area contributed by atoms with E-state index in [-0.39, 0.29) is 5.69 Å². The van der Waals surface area contributed by atoms with Crippen LogP contribution >= 0.6 is 0 Å². The number of halogens is 3. The van der Waals surface area contributed by atoms with Crippen molar-refractivity contribution in [2.75, 3.05) is 11.9 Å². The molecule has 0 atom stereocenters. The third-order valence-electron chi connectivity index (χ3n) is 3.24. The van der Waals surface area contributed by atoms with Crippen molar-refractivity contribution in [2.45, 2.75) is 13.1 Å².